The predicted octanol–water partition coefficient (Wildman–Crippen LogP) is 4.31. The van der Waals surface area contributed by atoms with Crippen molar-refractivity contribution < 1.29 is 28.2 Å². The highest BCUT2D eigenvalue weighted by Crippen LogP contribution is 2.29. The summed E-state index contributed by atoms with van der Waals surface area (Å²) >= 11 is 0. The van der Waals surface area contributed by atoms with Crippen LogP contribution < -0.4 is 14.8 Å². The number of fused-ring (bicyclic) bond motifs is 1. The van der Waals surface area contributed by atoms with E-state index in [4.69, 9.17) is 18.6 Å². The Hall–Kier alpha value is -4.33. The van der Waals surface area contributed by atoms with Crippen LogP contribution in [-0.4, -0.2) is 37.7 Å². The van der Waals surface area contributed by atoms with Gasteiger partial charge in [0.2, 0.25) is 5.89 Å². The van der Waals surface area contributed by atoms with Gasteiger partial charge in [0.25, 0.3) is 5.91 Å². The minimum absolute atomic E-state index is 0.241. The summed E-state index contributed by atoms with van der Waals surface area (Å²) in [6, 6.07) is 19.1. The Morgan fingerprint density at radius 2 is 1.75 bits per heavy atom. The zero-order chi connectivity index (χ0) is 22.5. The van der Waals surface area contributed by atoms with Gasteiger partial charge in [0.1, 0.15) is 17.0 Å². The number of nitrogens with one attached hydrogen (secondary N) is 1. The van der Waals surface area contributed by atoms with Crippen LogP contribution in [0.3, 0.4) is 0 Å². The molecule has 162 valence electrons. The second-order valence-electron chi connectivity index (χ2n) is 6.72. The number of carbonyl (C=O) groups is 2. The van der Waals surface area contributed by atoms with Crippen LogP contribution >= 0.6 is 0 Å². The van der Waals surface area contributed by atoms with Crippen LogP contribution in [0.2, 0.25) is 0 Å². The molecule has 4 rings (SSSR count). The summed E-state index contributed by atoms with van der Waals surface area (Å²) in [5, 5.41) is 2.66. The lowest BCUT2D eigenvalue weighted by Crippen LogP contribution is -2.21. The van der Waals surface area contributed by atoms with E-state index in [2.05, 4.69) is 10.3 Å². The first-order valence-electron chi connectivity index (χ1n) is 9.73. The topological polar surface area (TPSA) is 99.9 Å². The van der Waals surface area contributed by atoms with E-state index in [1.54, 1.807) is 48.5 Å². The van der Waals surface area contributed by atoms with E-state index in [0.29, 0.717) is 39.7 Å². The van der Waals surface area contributed by atoms with Crippen molar-refractivity contribution >= 4 is 28.7 Å². The van der Waals surface area contributed by atoms with E-state index in [0.717, 1.165) is 0 Å². The number of hydrogen-bond donors (Lipinski definition) is 1. The largest absolute Gasteiger partial charge is 0.497 e. The van der Waals surface area contributed by atoms with Gasteiger partial charge in [0.15, 0.2) is 12.2 Å². The van der Waals surface area contributed by atoms with Crippen LogP contribution in [0.4, 0.5) is 5.69 Å². The Morgan fingerprint density at radius 3 is 2.53 bits per heavy atom. The van der Waals surface area contributed by atoms with Gasteiger partial charge in [-0.1, -0.05) is 24.3 Å². The van der Waals surface area contributed by atoms with Gasteiger partial charge in [-0.05, 0) is 36.4 Å². The van der Waals surface area contributed by atoms with Gasteiger partial charge in [-0.2, -0.15) is 0 Å². The predicted molar refractivity (Wildman–Crippen MR) is 118 cm³/mol. The van der Waals surface area contributed by atoms with Crippen molar-refractivity contribution in [3.8, 4) is 23.0 Å². The van der Waals surface area contributed by atoms with Crippen molar-refractivity contribution in [1.29, 1.82) is 0 Å². The number of oxazole rings is 1. The average molecular weight is 432 g/mol. The molecule has 32 heavy (non-hydrogen) atoms. The monoisotopic (exact) mass is 432 g/mol. The van der Waals surface area contributed by atoms with Crippen LogP contribution in [0.25, 0.3) is 22.6 Å². The highest BCUT2D eigenvalue weighted by molar-refractivity contribution is 5.99. The number of nitrogens with zero attached hydrogens (tertiary/aromatic N) is 1. The van der Waals surface area contributed by atoms with Gasteiger partial charge in [0.05, 0.1) is 31.0 Å². The number of para-hydroxylation sites is 2. The maximum absolute atomic E-state index is 12.7. The molecule has 1 aromatic heterocycles. The molecule has 0 aliphatic carbocycles. The first-order valence-corrected chi connectivity index (χ1v) is 9.73. The zero-order valence-corrected chi connectivity index (χ0v) is 17.5. The highest BCUT2D eigenvalue weighted by Gasteiger charge is 2.19. The third-order valence-corrected chi connectivity index (χ3v) is 4.69. The first-order chi connectivity index (χ1) is 15.6. The molecule has 0 radical (unpaired) electrons. The molecular formula is C24H20N2O6. The molecule has 0 unspecified atom stereocenters. The molecule has 0 aliphatic rings. The van der Waals surface area contributed by atoms with E-state index in [1.165, 1.54) is 14.2 Å². The number of esters is 1. The lowest BCUT2D eigenvalue weighted by Gasteiger charge is -2.12. The molecule has 3 aromatic carbocycles. The molecule has 0 saturated heterocycles. The van der Waals surface area contributed by atoms with Crippen LogP contribution in [-0.2, 0) is 9.53 Å². The zero-order valence-electron chi connectivity index (χ0n) is 17.5. The lowest BCUT2D eigenvalue weighted by atomic mass is 10.1. The van der Waals surface area contributed by atoms with Gasteiger partial charge < -0.3 is 23.9 Å². The number of amides is 1. The van der Waals surface area contributed by atoms with E-state index in [1.807, 2.05) is 18.2 Å². The Morgan fingerprint density at radius 1 is 0.969 bits per heavy atom. The number of rotatable bonds is 7. The van der Waals surface area contributed by atoms with Gasteiger partial charge >= 0.3 is 5.97 Å². The van der Waals surface area contributed by atoms with Crippen LogP contribution in [0.15, 0.2) is 71.1 Å². The first kappa shape index (κ1) is 20.9. The molecule has 0 saturated carbocycles. The fourth-order valence-electron chi connectivity index (χ4n) is 3.14. The molecule has 0 aliphatic heterocycles. The van der Waals surface area contributed by atoms with Crippen molar-refractivity contribution in [1.82, 2.24) is 4.98 Å². The summed E-state index contributed by atoms with van der Waals surface area (Å²) < 4.78 is 21.4. The second-order valence-corrected chi connectivity index (χ2v) is 6.72. The summed E-state index contributed by atoms with van der Waals surface area (Å²) in [5.41, 5.74) is 2.41. The summed E-state index contributed by atoms with van der Waals surface area (Å²) in [7, 11) is 3.00. The van der Waals surface area contributed by atoms with Crippen molar-refractivity contribution in [2.24, 2.45) is 0 Å². The van der Waals surface area contributed by atoms with Crippen molar-refractivity contribution in [2.75, 3.05) is 26.1 Å². The van der Waals surface area contributed by atoms with Crippen molar-refractivity contribution in [2.45, 2.75) is 0 Å². The standard InChI is InChI=1S/C24H20N2O6/c1-29-15-11-12-20(30-2)19(13-15)25-22(27)14-31-24(28)17-8-4-3-7-16(17)23-26-18-9-5-6-10-21(18)32-23/h3-13H,14H2,1-2H3,(H,25,27). The molecule has 1 amide bonds. The number of anilines is 1. The number of hydrogen-bond acceptors (Lipinski definition) is 7. The molecule has 8 heteroatoms. The van der Waals surface area contributed by atoms with E-state index in [-0.39, 0.29) is 5.56 Å². The third-order valence-electron chi connectivity index (χ3n) is 4.69. The van der Waals surface area contributed by atoms with E-state index < -0.39 is 18.5 Å². The average Bonchev–Trinajstić information content (AvgIpc) is 3.26. The Balaban J connectivity index is 1.48. The van der Waals surface area contributed by atoms with Gasteiger partial charge in [-0.3, -0.25) is 4.79 Å². The molecule has 1 heterocycles. The summed E-state index contributed by atoms with van der Waals surface area (Å²) in [6.45, 7) is -0.485. The second kappa shape index (κ2) is 9.22. The normalized spacial score (nSPS) is 10.6. The SMILES string of the molecule is COc1ccc(OC)c(NC(=O)COC(=O)c2ccccc2-c2nc3ccccc3o2)c1. The van der Waals surface area contributed by atoms with Crippen molar-refractivity contribution in [3.63, 3.8) is 0 Å². The van der Waals surface area contributed by atoms with E-state index >= 15 is 0 Å². The Bertz CT molecular complexity index is 1250. The molecule has 4 aromatic rings. The van der Waals surface area contributed by atoms with Gasteiger partial charge in [-0.15, -0.1) is 0 Å². The fourth-order valence-corrected chi connectivity index (χ4v) is 3.14. The summed E-state index contributed by atoms with van der Waals surface area (Å²) in [5.74, 6) is 0.0984. The van der Waals surface area contributed by atoms with Crippen molar-refractivity contribution in [3.05, 3.63) is 72.3 Å². The minimum atomic E-state index is -0.671. The fraction of sp³-hybridized carbons (Fsp3) is 0.125. The maximum atomic E-state index is 12.7. The highest BCUT2D eigenvalue weighted by atomic mass is 16.5. The molecule has 0 spiro atoms. The van der Waals surface area contributed by atoms with Gasteiger partial charge in [-0.25, -0.2) is 9.78 Å². The van der Waals surface area contributed by atoms with Gasteiger partial charge in [0, 0.05) is 6.07 Å². The van der Waals surface area contributed by atoms with Crippen LogP contribution in [0.5, 0.6) is 11.5 Å². The molecule has 0 atom stereocenters. The number of benzene rings is 3. The maximum Gasteiger partial charge on any atom is 0.339 e. The van der Waals surface area contributed by atoms with Crippen LogP contribution in [0.1, 0.15) is 10.4 Å². The Labute approximate surface area is 183 Å². The molecule has 0 bridgehead atoms. The summed E-state index contributed by atoms with van der Waals surface area (Å²) in [4.78, 5) is 29.5. The molecular weight excluding hydrogens is 412 g/mol. The number of carbonyl (C=O) groups excluding carboxylic acids is 2. The number of methoxy groups -OCH3 is 2. The lowest BCUT2D eigenvalue weighted by molar-refractivity contribution is -0.119. The number of aromatic nitrogens is 1. The molecule has 8 nitrogen and oxygen atoms in total. The number of ether oxygens (including phenoxy) is 3. The smallest absolute Gasteiger partial charge is 0.339 e. The third kappa shape index (κ3) is 4.39. The van der Waals surface area contributed by atoms with E-state index in [9.17, 15) is 9.59 Å². The molecule has 0 fully saturated rings. The molecule has 1 N–H and O–H groups in total. The Kier molecular flexibility index (Phi) is 6.03. The summed E-state index contributed by atoms with van der Waals surface area (Å²) in [6.07, 6.45) is 0. The minimum Gasteiger partial charge on any atom is -0.497 e. The van der Waals surface area contributed by atoms with Crippen LogP contribution in [0, 0.1) is 0 Å². The quantitative estimate of drug-likeness (QED) is 0.435.